The van der Waals surface area contributed by atoms with Gasteiger partial charge in [0.15, 0.2) is 0 Å². The third kappa shape index (κ3) is 3.21. The first-order valence-corrected chi connectivity index (χ1v) is 9.44. The van der Waals surface area contributed by atoms with Crippen molar-refractivity contribution >= 4 is 56.3 Å². The van der Waals surface area contributed by atoms with E-state index in [4.69, 9.17) is 23.2 Å². The normalized spacial score (nSPS) is 11.0. The zero-order valence-electron chi connectivity index (χ0n) is 13.4. The van der Waals surface area contributed by atoms with Crippen molar-refractivity contribution in [2.45, 2.75) is 6.54 Å². The van der Waals surface area contributed by atoms with Crippen LogP contribution in [0.2, 0.25) is 10.0 Å². The predicted molar refractivity (Wildman–Crippen MR) is 108 cm³/mol. The minimum absolute atomic E-state index is 0.253. The van der Waals surface area contributed by atoms with Gasteiger partial charge in [0.2, 0.25) is 0 Å². The number of hydrogen-bond donors (Lipinski definition) is 1. The van der Waals surface area contributed by atoms with Gasteiger partial charge in [0.1, 0.15) is 10.7 Å². The second kappa shape index (κ2) is 7.11. The average Bonchev–Trinajstić information content (AvgIpc) is 3.22. The van der Waals surface area contributed by atoms with Gasteiger partial charge in [-0.25, -0.2) is 4.68 Å². The molecule has 0 saturated heterocycles. The molecule has 0 unspecified atom stereocenters. The molecular formula is C19H13Cl2N3OS. The maximum atomic E-state index is 12.7. The Labute approximate surface area is 164 Å². The molecule has 4 rings (SSSR count). The molecule has 0 atom stereocenters. The van der Waals surface area contributed by atoms with Gasteiger partial charge >= 0.3 is 0 Å². The lowest BCUT2D eigenvalue weighted by Crippen LogP contribution is -2.15. The largest absolute Gasteiger partial charge is 0.306 e. The number of aromatic nitrogens is 2. The topological polar surface area (TPSA) is 46.9 Å². The van der Waals surface area contributed by atoms with E-state index in [0.717, 1.165) is 15.6 Å². The second-order valence-corrected chi connectivity index (χ2v) is 7.50. The molecule has 0 aliphatic carbocycles. The molecule has 0 radical (unpaired) electrons. The third-order valence-corrected chi connectivity index (χ3v) is 6.02. The lowest BCUT2D eigenvalue weighted by molar-refractivity contribution is 0.102. The molecule has 2 aromatic carbocycles. The van der Waals surface area contributed by atoms with E-state index >= 15 is 0 Å². The molecule has 0 saturated carbocycles. The van der Waals surface area contributed by atoms with Crippen LogP contribution in [0.3, 0.4) is 0 Å². The van der Waals surface area contributed by atoms with Crippen molar-refractivity contribution < 1.29 is 4.79 Å². The summed E-state index contributed by atoms with van der Waals surface area (Å²) in [5, 5.41) is 9.19. The van der Waals surface area contributed by atoms with Crippen LogP contribution in [0, 0.1) is 0 Å². The number of hydrogen-bond acceptors (Lipinski definition) is 3. The van der Waals surface area contributed by atoms with Gasteiger partial charge < -0.3 is 5.32 Å². The predicted octanol–water partition coefficient (Wildman–Crippen LogP) is 5.71. The van der Waals surface area contributed by atoms with Crippen LogP contribution in [0.4, 0.5) is 5.82 Å². The Bertz CT molecular complexity index is 1100. The zero-order valence-corrected chi connectivity index (χ0v) is 15.8. The molecular weight excluding hydrogens is 389 g/mol. The number of carbonyl (C=O) groups is 1. The number of nitrogens with one attached hydrogen (secondary N) is 1. The van der Waals surface area contributed by atoms with Crippen LogP contribution in [0.5, 0.6) is 0 Å². The van der Waals surface area contributed by atoms with Gasteiger partial charge in [0.05, 0.1) is 17.8 Å². The highest BCUT2D eigenvalue weighted by Gasteiger charge is 2.18. The Balaban J connectivity index is 1.60. The summed E-state index contributed by atoms with van der Waals surface area (Å²) in [6.45, 7) is 0.461. The Morgan fingerprint density at radius 2 is 1.85 bits per heavy atom. The van der Waals surface area contributed by atoms with E-state index in [1.165, 1.54) is 11.3 Å². The van der Waals surface area contributed by atoms with Crippen LogP contribution in [0.25, 0.3) is 10.1 Å². The van der Waals surface area contributed by atoms with E-state index in [9.17, 15) is 4.79 Å². The van der Waals surface area contributed by atoms with E-state index < -0.39 is 0 Å². The highest BCUT2D eigenvalue weighted by atomic mass is 35.5. The number of rotatable bonds is 4. The Morgan fingerprint density at radius 1 is 1.08 bits per heavy atom. The van der Waals surface area contributed by atoms with Crippen LogP contribution >= 0.6 is 34.5 Å². The summed E-state index contributed by atoms with van der Waals surface area (Å²) in [5.41, 5.74) is 0.924. The van der Waals surface area contributed by atoms with Gasteiger partial charge in [0.25, 0.3) is 5.91 Å². The second-order valence-electron chi connectivity index (χ2n) is 5.66. The van der Waals surface area contributed by atoms with E-state index in [1.807, 2.05) is 48.5 Å². The van der Waals surface area contributed by atoms with E-state index in [0.29, 0.717) is 27.3 Å². The fourth-order valence-electron chi connectivity index (χ4n) is 2.69. The van der Waals surface area contributed by atoms with Gasteiger partial charge in [-0.2, -0.15) is 5.10 Å². The molecule has 1 N–H and O–H groups in total. The highest BCUT2D eigenvalue weighted by molar-refractivity contribution is 7.21. The monoisotopic (exact) mass is 401 g/mol. The van der Waals surface area contributed by atoms with Crippen LogP contribution in [0.1, 0.15) is 15.2 Å². The molecule has 0 aliphatic rings. The molecule has 0 bridgehead atoms. The standard InChI is InChI=1S/C19H13Cl2N3OS/c20-14-7-3-1-5-12(14)11-24-16(9-10-22-24)23-19(25)18-17(21)13-6-2-4-8-15(13)26-18/h1-10H,11H2,(H,23,25). The van der Waals surface area contributed by atoms with E-state index in [2.05, 4.69) is 10.4 Å². The molecule has 0 fully saturated rings. The van der Waals surface area contributed by atoms with Crippen molar-refractivity contribution in [3.63, 3.8) is 0 Å². The number of carbonyl (C=O) groups excluding carboxylic acids is 1. The maximum absolute atomic E-state index is 12.7. The molecule has 2 heterocycles. The molecule has 1 amide bonds. The van der Waals surface area contributed by atoms with Crippen LogP contribution < -0.4 is 5.32 Å². The minimum Gasteiger partial charge on any atom is -0.306 e. The Kier molecular flexibility index (Phi) is 4.68. The maximum Gasteiger partial charge on any atom is 0.268 e. The van der Waals surface area contributed by atoms with Gasteiger partial charge in [-0.15, -0.1) is 11.3 Å². The number of halogens is 2. The molecule has 4 aromatic rings. The summed E-state index contributed by atoms with van der Waals surface area (Å²) in [6, 6.07) is 17.0. The first-order chi connectivity index (χ1) is 12.6. The lowest BCUT2D eigenvalue weighted by Gasteiger charge is -2.09. The summed E-state index contributed by atoms with van der Waals surface area (Å²) in [6.07, 6.45) is 1.64. The van der Waals surface area contributed by atoms with Crippen molar-refractivity contribution in [1.29, 1.82) is 0 Å². The average molecular weight is 402 g/mol. The summed E-state index contributed by atoms with van der Waals surface area (Å²) in [7, 11) is 0. The van der Waals surface area contributed by atoms with Crippen molar-refractivity contribution in [2.24, 2.45) is 0 Å². The van der Waals surface area contributed by atoms with Crippen LogP contribution in [0.15, 0.2) is 60.8 Å². The Hall–Kier alpha value is -2.34. The third-order valence-electron chi connectivity index (χ3n) is 3.98. The van der Waals surface area contributed by atoms with Gasteiger partial charge in [-0.1, -0.05) is 59.6 Å². The fraction of sp³-hybridized carbons (Fsp3) is 0.0526. The summed E-state index contributed by atoms with van der Waals surface area (Å²) in [5.74, 6) is 0.334. The molecule has 26 heavy (non-hydrogen) atoms. The van der Waals surface area contributed by atoms with Crippen molar-refractivity contribution in [2.75, 3.05) is 5.32 Å². The number of amides is 1. The van der Waals surface area contributed by atoms with Crippen molar-refractivity contribution in [3.05, 3.63) is 81.3 Å². The van der Waals surface area contributed by atoms with Crippen LogP contribution in [-0.2, 0) is 6.54 Å². The van der Waals surface area contributed by atoms with E-state index in [1.54, 1.807) is 16.9 Å². The van der Waals surface area contributed by atoms with Gasteiger partial charge in [-0.3, -0.25) is 4.79 Å². The van der Waals surface area contributed by atoms with E-state index in [-0.39, 0.29) is 5.91 Å². The smallest absolute Gasteiger partial charge is 0.268 e. The quantitative estimate of drug-likeness (QED) is 0.476. The molecule has 7 heteroatoms. The first-order valence-electron chi connectivity index (χ1n) is 7.87. The molecule has 2 aromatic heterocycles. The number of nitrogens with zero attached hydrogens (tertiary/aromatic N) is 2. The number of anilines is 1. The highest BCUT2D eigenvalue weighted by Crippen LogP contribution is 2.35. The number of benzene rings is 2. The molecule has 0 aliphatic heterocycles. The van der Waals surface area contributed by atoms with Crippen LogP contribution in [-0.4, -0.2) is 15.7 Å². The van der Waals surface area contributed by atoms with Crippen molar-refractivity contribution in [1.82, 2.24) is 9.78 Å². The molecule has 4 nitrogen and oxygen atoms in total. The number of thiophene rings is 1. The SMILES string of the molecule is O=C(Nc1ccnn1Cc1ccccc1Cl)c1sc2ccccc2c1Cl. The van der Waals surface area contributed by atoms with Gasteiger partial charge in [0, 0.05) is 21.2 Å². The Morgan fingerprint density at radius 3 is 2.65 bits per heavy atom. The fourth-order valence-corrected chi connectivity index (χ4v) is 4.29. The summed E-state index contributed by atoms with van der Waals surface area (Å²) >= 11 is 14.0. The number of fused-ring (bicyclic) bond motifs is 1. The molecule has 0 spiro atoms. The van der Waals surface area contributed by atoms with Crippen molar-refractivity contribution in [3.8, 4) is 0 Å². The zero-order chi connectivity index (χ0) is 18.1. The first kappa shape index (κ1) is 17.1. The summed E-state index contributed by atoms with van der Waals surface area (Å²) in [4.78, 5) is 13.2. The van der Waals surface area contributed by atoms with Gasteiger partial charge in [-0.05, 0) is 17.7 Å². The minimum atomic E-state index is -0.253. The molecule has 130 valence electrons. The summed E-state index contributed by atoms with van der Waals surface area (Å²) < 4.78 is 2.67. The lowest BCUT2D eigenvalue weighted by atomic mass is 10.2.